The van der Waals surface area contributed by atoms with Gasteiger partial charge < -0.3 is 10.2 Å². The van der Waals surface area contributed by atoms with Gasteiger partial charge in [0.2, 0.25) is 0 Å². The van der Waals surface area contributed by atoms with Crippen LogP contribution in [0.4, 0.5) is 0 Å². The molecule has 1 aliphatic heterocycles. The zero-order valence-electron chi connectivity index (χ0n) is 13.5. The van der Waals surface area contributed by atoms with E-state index >= 15 is 0 Å². The van der Waals surface area contributed by atoms with Gasteiger partial charge in [0.05, 0.1) is 0 Å². The van der Waals surface area contributed by atoms with Crippen LogP contribution in [0.2, 0.25) is 0 Å². The summed E-state index contributed by atoms with van der Waals surface area (Å²) >= 11 is 0. The zero-order valence-corrected chi connectivity index (χ0v) is 13.5. The molecule has 2 rings (SSSR count). The third kappa shape index (κ3) is 4.46. The molecule has 2 heteroatoms. The van der Waals surface area contributed by atoms with Gasteiger partial charge in [0.1, 0.15) is 0 Å². The number of hydrogen-bond donors (Lipinski definition) is 1. The van der Waals surface area contributed by atoms with E-state index in [2.05, 4.69) is 37.9 Å². The van der Waals surface area contributed by atoms with Crippen LogP contribution in [0.5, 0.6) is 0 Å². The van der Waals surface area contributed by atoms with E-state index < -0.39 is 0 Å². The second-order valence-electron chi connectivity index (χ2n) is 7.99. The standard InChI is InChI=1S/C17H34N2/c1-14(17(2,3)4)12-19-11-10-18-16(13-19)15-8-6-5-7-9-15/h14-16,18H,5-13H2,1-4H3. The molecule has 0 radical (unpaired) electrons. The lowest BCUT2D eigenvalue weighted by molar-refractivity contribution is 0.105. The lowest BCUT2D eigenvalue weighted by Crippen LogP contribution is -2.55. The normalized spacial score (nSPS) is 29.4. The summed E-state index contributed by atoms with van der Waals surface area (Å²) in [5.74, 6) is 1.72. The molecule has 0 aromatic rings. The Labute approximate surface area is 120 Å². The predicted octanol–water partition coefficient (Wildman–Crippen LogP) is 3.52. The highest BCUT2D eigenvalue weighted by molar-refractivity contribution is 4.87. The van der Waals surface area contributed by atoms with E-state index in [1.54, 1.807) is 0 Å². The average molecular weight is 266 g/mol. The van der Waals surface area contributed by atoms with Crippen LogP contribution in [0.15, 0.2) is 0 Å². The first kappa shape index (κ1) is 15.3. The molecule has 0 aromatic heterocycles. The van der Waals surface area contributed by atoms with E-state index in [4.69, 9.17) is 0 Å². The molecule has 2 aliphatic rings. The highest BCUT2D eigenvalue weighted by Gasteiger charge is 2.30. The van der Waals surface area contributed by atoms with Crippen molar-refractivity contribution in [2.45, 2.75) is 65.8 Å². The first-order chi connectivity index (χ1) is 8.97. The van der Waals surface area contributed by atoms with Gasteiger partial charge in [0.25, 0.3) is 0 Å². The van der Waals surface area contributed by atoms with Crippen molar-refractivity contribution in [3.63, 3.8) is 0 Å². The van der Waals surface area contributed by atoms with E-state index in [1.807, 2.05) is 0 Å². The number of nitrogens with one attached hydrogen (secondary N) is 1. The maximum atomic E-state index is 3.79. The molecule has 2 atom stereocenters. The lowest BCUT2D eigenvalue weighted by atomic mass is 9.80. The summed E-state index contributed by atoms with van der Waals surface area (Å²) in [6.07, 6.45) is 7.30. The van der Waals surface area contributed by atoms with Crippen LogP contribution < -0.4 is 5.32 Å². The molecule has 0 bridgehead atoms. The molecule has 0 aromatic carbocycles. The van der Waals surface area contributed by atoms with Crippen LogP contribution in [0.3, 0.4) is 0 Å². The van der Waals surface area contributed by atoms with Crippen LogP contribution in [0, 0.1) is 17.3 Å². The topological polar surface area (TPSA) is 15.3 Å². The molecule has 1 saturated heterocycles. The highest BCUT2D eigenvalue weighted by Crippen LogP contribution is 2.29. The molecule has 0 spiro atoms. The Hall–Kier alpha value is -0.0800. The Morgan fingerprint density at radius 1 is 1.16 bits per heavy atom. The fourth-order valence-electron chi connectivity index (χ4n) is 3.52. The first-order valence-corrected chi connectivity index (χ1v) is 8.42. The van der Waals surface area contributed by atoms with Gasteiger partial charge in [0.15, 0.2) is 0 Å². The van der Waals surface area contributed by atoms with Crippen molar-refractivity contribution in [2.75, 3.05) is 26.2 Å². The van der Waals surface area contributed by atoms with Crippen molar-refractivity contribution in [3.05, 3.63) is 0 Å². The highest BCUT2D eigenvalue weighted by atomic mass is 15.2. The summed E-state index contributed by atoms with van der Waals surface area (Å²) in [4.78, 5) is 2.71. The first-order valence-electron chi connectivity index (χ1n) is 8.42. The van der Waals surface area contributed by atoms with Crippen molar-refractivity contribution in [2.24, 2.45) is 17.3 Å². The van der Waals surface area contributed by atoms with Gasteiger partial charge in [-0.25, -0.2) is 0 Å². The molecule has 2 fully saturated rings. The van der Waals surface area contributed by atoms with Gasteiger partial charge in [-0.1, -0.05) is 47.0 Å². The number of hydrogen-bond acceptors (Lipinski definition) is 2. The van der Waals surface area contributed by atoms with Crippen LogP contribution in [-0.2, 0) is 0 Å². The Bertz CT molecular complexity index is 263. The van der Waals surface area contributed by atoms with Crippen LogP contribution >= 0.6 is 0 Å². The van der Waals surface area contributed by atoms with E-state index in [9.17, 15) is 0 Å². The molecular formula is C17H34N2. The molecule has 19 heavy (non-hydrogen) atoms. The summed E-state index contributed by atoms with van der Waals surface area (Å²) in [5.41, 5.74) is 0.436. The van der Waals surface area contributed by atoms with Crippen molar-refractivity contribution in [1.82, 2.24) is 10.2 Å². The van der Waals surface area contributed by atoms with Gasteiger partial charge >= 0.3 is 0 Å². The summed E-state index contributed by atoms with van der Waals surface area (Å²) in [6.45, 7) is 14.5. The van der Waals surface area contributed by atoms with Gasteiger partial charge in [-0.05, 0) is 30.1 Å². The van der Waals surface area contributed by atoms with Crippen LogP contribution in [-0.4, -0.2) is 37.1 Å². The zero-order chi connectivity index (χ0) is 13.9. The molecule has 2 nitrogen and oxygen atoms in total. The van der Waals surface area contributed by atoms with Crippen molar-refractivity contribution in [3.8, 4) is 0 Å². The Kier molecular flexibility index (Phi) is 5.30. The maximum absolute atomic E-state index is 3.79. The Morgan fingerprint density at radius 3 is 2.47 bits per heavy atom. The number of rotatable bonds is 3. The van der Waals surface area contributed by atoms with Gasteiger partial charge in [-0.15, -0.1) is 0 Å². The van der Waals surface area contributed by atoms with E-state index in [0.717, 1.165) is 17.9 Å². The Balaban J connectivity index is 1.83. The lowest BCUT2D eigenvalue weighted by Gasteiger charge is -2.41. The fraction of sp³-hybridized carbons (Fsp3) is 1.00. The monoisotopic (exact) mass is 266 g/mol. The quantitative estimate of drug-likeness (QED) is 0.841. The largest absolute Gasteiger partial charge is 0.311 e. The number of piperazine rings is 1. The molecule has 112 valence electrons. The third-order valence-corrected chi connectivity index (χ3v) is 5.52. The second-order valence-corrected chi connectivity index (χ2v) is 7.99. The molecular weight excluding hydrogens is 232 g/mol. The van der Waals surface area contributed by atoms with Crippen molar-refractivity contribution in [1.29, 1.82) is 0 Å². The molecule has 0 amide bonds. The minimum Gasteiger partial charge on any atom is -0.311 e. The third-order valence-electron chi connectivity index (χ3n) is 5.52. The summed E-state index contributed by atoms with van der Waals surface area (Å²) < 4.78 is 0. The molecule has 1 aliphatic carbocycles. The summed E-state index contributed by atoms with van der Waals surface area (Å²) in [5, 5.41) is 3.79. The second kappa shape index (κ2) is 6.58. The molecule has 1 heterocycles. The Morgan fingerprint density at radius 2 is 1.84 bits per heavy atom. The number of nitrogens with zero attached hydrogens (tertiary/aromatic N) is 1. The minimum absolute atomic E-state index is 0.436. The fourth-order valence-corrected chi connectivity index (χ4v) is 3.52. The van der Waals surface area contributed by atoms with Crippen molar-refractivity contribution >= 4 is 0 Å². The minimum atomic E-state index is 0.436. The molecule has 2 unspecified atom stereocenters. The van der Waals surface area contributed by atoms with Crippen molar-refractivity contribution < 1.29 is 0 Å². The van der Waals surface area contributed by atoms with Crippen LogP contribution in [0.1, 0.15) is 59.8 Å². The van der Waals surface area contributed by atoms with Crippen LogP contribution in [0.25, 0.3) is 0 Å². The van der Waals surface area contributed by atoms with Gasteiger partial charge in [0, 0.05) is 32.2 Å². The SMILES string of the molecule is CC(CN1CCNC(C2CCCCC2)C1)C(C)(C)C. The summed E-state index contributed by atoms with van der Waals surface area (Å²) in [7, 11) is 0. The van der Waals surface area contributed by atoms with E-state index in [1.165, 1.54) is 58.3 Å². The average Bonchev–Trinajstić information content (AvgIpc) is 2.39. The predicted molar refractivity (Wildman–Crippen MR) is 83.4 cm³/mol. The molecule has 1 N–H and O–H groups in total. The summed E-state index contributed by atoms with van der Waals surface area (Å²) in [6, 6.07) is 0.765. The van der Waals surface area contributed by atoms with E-state index in [-0.39, 0.29) is 0 Å². The smallest absolute Gasteiger partial charge is 0.0223 e. The maximum Gasteiger partial charge on any atom is 0.0223 e. The van der Waals surface area contributed by atoms with Gasteiger partial charge in [-0.3, -0.25) is 0 Å². The van der Waals surface area contributed by atoms with Gasteiger partial charge in [-0.2, -0.15) is 0 Å². The molecule has 1 saturated carbocycles. The van der Waals surface area contributed by atoms with E-state index in [0.29, 0.717) is 5.41 Å².